The van der Waals surface area contributed by atoms with Gasteiger partial charge in [-0.2, -0.15) is 0 Å². The summed E-state index contributed by atoms with van der Waals surface area (Å²) in [5, 5.41) is 22.7. The number of nitro groups is 2. The Morgan fingerprint density at radius 3 is 1.82 bits per heavy atom. The Labute approximate surface area is 263 Å². The minimum absolute atomic E-state index is 0.0485. The van der Waals surface area contributed by atoms with Crippen molar-refractivity contribution in [3.63, 3.8) is 0 Å². The van der Waals surface area contributed by atoms with Crippen molar-refractivity contribution in [3.05, 3.63) is 140 Å². The van der Waals surface area contributed by atoms with Crippen LogP contribution in [0.1, 0.15) is 61.2 Å². The third-order valence-corrected chi connectivity index (χ3v) is 12.4. The van der Waals surface area contributed by atoms with Crippen LogP contribution in [0.3, 0.4) is 0 Å². The molecule has 0 bridgehead atoms. The maximum atomic E-state index is 13.1. The average Bonchev–Trinajstić information content (AvgIpc) is 3.00. The second-order valence-electron chi connectivity index (χ2n) is 12.1. The molecule has 4 aromatic carbocycles. The zero-order chi connectivity index (χ0) is 32.9. The van der Waals surface area contributed by atoms with Gasteiger partial charge in [-0.3, -0.25) is 20.2 Å². The van der Waals surface area contributed by atoms with Crippen LogP contribution in [0.2, 0.25) is 18.1 Å². The predicted octanol–water partition coefficient (Wildman–Crippen LogP) is 9.48. The van der Waals surface area contributed by atoms with Gasteiger partial charge in [0.1, 0.15) is 11.5 Å². The summed E-state index contributed by atoms with van der Waals surface area (Å²) < 4.78 is 12.1. The molecule has 0 spiro atoms. The van der Waals surface area contributed by atoms with Gasteiger partial charge in [0.05, 0.1) is 21.5 Å². The first-order valence-corrected chi connectivity index (χ1v) is 17.5. The minimum atomic E-state index is -2.04. The molecule has 10 heteroatoms. The molecule has 0 unspecified atom stereocenters. The zero-order valence-corrected chi connectivity index (χ0v) is 27.2. The first-order valence-electron chi connectivity index (χ1n) is 14.5. The Hall–Kier alpha value is -5.09. The van der Waals surface area contributed by atoms with Crippen LogP contribution in [-0.2, 0) is 0 Å². The van der Waals surface area contributed by atoms with Crippen LogP contribution in [0, 0.1) is 20.2 Å². The summed E-state index contributed by atoms with van der Waals surface area (Å²) in [4.78, 5) is 34.1. The molecule has 0 aromatic heterocycles. The average molecular weight is 625 g/mol. The molecule has 0 saturated heterocycles. The van der Waals surface area contributed by atoms with Gasteiger partial charge in [-0.05, 0) is 76.7 Å². The molecule has 0 amide bonds. The van der Waals surface area contributed by atoms with Crippen LogP contribution in [-0.4, -0.2) is 24.1 Å². The summed E-state index contributed by atoms with van der Waals surface area (Å²) in [6.07, 6.45) is 0.711. The van der Waals surface area contributed by atoms with Crippen LogP contribution in [0.4, 0.5) is 11.4 Å². The zero-order valence-electron chi connectivity index (χ0n) is 26.2. The van der Waals surface area contributed by atoms with Gasteiger partial charge >= 0.3 is 5.97 Å². The predicted molar refractivity (Wildman–Crippen MR) is 178 cm³/mol. The number of non-ortho nitro benzene ring substituents is 2. The second kappa shape index (κ2) is 13.3. The van der Waals surface area contributed by atoms with Gasteiger partial charge in [0.15, 0.2) is 0 Å². The van der Waals surface area contributed by atoms with Crippen LogP contribution < -0.4 is 9.16 Å². The molecule has 232 valence electrons. The molecule has 0 fully saturated rings. The van der Waals surface area contributed by atoms with E-state index in [9.17, 15) is 25.0 Å². The molecule has 45 heavy (non-hydrogen) atoms. The summed E-state index contributed by atoms with van der Waals surface area (Å²) in [5.74, 6) is 0.0390. The maximum Gasteiger partial charge on any atom is 0.344 e. The number of benzene rings is 4. The molecule has 0 atom stereocenters. The molecule has 4 aromatic rings. The fourth-order valence-electron chi connectivity index (χ4n) is 4.62. The number of nitro benzene ring substituents is 2. The van der Waals surface area contributed by atoms with Crippen molar-refractivity contribution >= 4 is 36.8 Å². The molecule has 0 aliphatic carbocycles. The smallest absolute Gasteiger partial charge is 0.344 e. The van der Waals surface area contributed by atoms with E-state index in [1.165, 1.54) is 0 Å². The monoisotopic (exact) mass is 624 g/mol. The maximum absolute atomic E-state index is 13.1. The quantitative estimate of drug-likeness (QED) is 0.0430. The normalized spacial score (nSPS) is 12.2. The van der Waals surface area contributed by atoms with E-state index in [1.807, 2.05) is 60.7 Å². The van der Waals surface area contributed by atoms with Crippen molar-refractivity contribution in [1.82, 2.24) is 0 Å². The molecule has 9 nitrogen and oxygen atoms in total. The Balaban J connectivity index is 1.76. The SMILES string of the molecule is CC/C(=C(/c1ccc(O[Si](C)(C)C(C)(C)C)cc1)c1cccc(OC(=O)c2cc([N+](=O)[O-])cc([N+](=O)[O-])c2)c1)c1ccccc1. The number of carbonyl (C=O) groups excluding carboxylic acids is 1. The van der Waals surface area contributed by atoms with Crippen molar-refractivity contribution in [2.45, 2.75) is 52.2 Å². The minimum Gasteiger partial charge on any atom is -0.544 e. The van der Waals surface area contributed by atoms with Gasteiger partial charge in [0, 0.05) is 12.1 Å². The second-order valence-corrected chi connectivity index (χ2v) is 16.9. The van der Waals surface area contributed by atoms with E-state index >= 15 is 0 Å². The van der Waals surface area contributed by atoms with Crippen LogP contribution >= 0.6 is 0 Å². The van der Waals surface area contributed by atoms with E-state index in [2.05, 4.69) is 40.8 Å². The number of ether oxygens (including phenoxy) is 1. The van der Waals surface area contributed by atoms with E-state index in [1.54, 1.807) is 18.2 Å². The van der Waals surface area contributed by atoms with Crippen molar-refractivity contribution < 1.29 is 23.8 Å². The Bertz CT molecular complexity index is 1730. The van der Waals surface area contributed by atoms with E-state index in [0.717, 1.165) is 51.8 Å². The lowest BCUT2D eigenvalue weighted by atomic mass is 9.88. The standard InChI is InChI=1S/C35H36N2O7Si/c1-7-32(24-12-9-8-10-13-24)33(25-16-18-30(19-17-25)44-45(5,6)35(2,3)4)26-14-11-15-31(22-26)43-34(38)27-20-28(36(39)40)23-29(21-27)37(41)42/h8-23H,7H2,1-6H3/b33-32+. The number of esters is 1. The number of hydrogen-bond donors (Lipinski definition) is 0. The van der Waals surface area contributed by atoms with Gasteiger partial charge in [-0.1, -0.05) is 82.3 Å². The highest BCUT2D eigenvalue weighted by molar-refractivity contribution is 6.74. The van der Waals surface area contributed by atoms with Crippen molar-refractivity contribution in [2.75, 3.05) is 0 Å². The van der Waals surface area contributed by atoms with Crippen molar-refractivity contribution in [1.29, 1.82) is 0 Å². The highest BCUT2D eigenvalue weighted by Crippen LogP contribution is 2.39. The van der Waals surface area contributed by atoms with Gasteiger partial charge < -0.3 is 9.16 Å². The molecular formula is C35H36N2O7Si. The fraction of sp³-hybridized carbons (Fsp3) is 0.229. The highest BCUT2D eigenvalue weighted by Gasteiger charge is 2.39. The third-order valence-electron chi connectivity index (χ3n) is 7.99. The third kappa shape index (κ3) is 7.71. The largest absolute Gasteiger partial charge is 0.544 e. The lowest BCUT2D eigenvalue weighted by Gasteiger charge is -2.36. The molecule has 4 rings (SSSR count). The Morgan fingerprint density at radius 2 is 1.29 bits per heavy atom. The van der Waals surface area contributed by atoms with E-state index in [-0.39, 0.29) is 16.4 Å². The molecule has 0 N–H and O–H groups in total. The molecular weight excluding hydrogens is 588 g/mol. The van der Waals surface area contributed by atoms with Gasteiger partial charge in [-0.25, -0.2) is 4.79 Å². The first kappa shape index (κ1) is 32.8. The molecule has 0 heterocycles. The number of nitrogens with zero attached hydrogens (tertiary/aromatic N) is 2. The van der Waals surface area contributed by atoms with Crippen molar-refractivity contribution in [3.8, 4) is 11.5 Å². The number of allylic oxidation sites excluding steroid dienone is 1. The summed E-state index contributed by atoms with van der Waals surface area (Å²) >= 11 is 0. The van der Waals surface area contributed by atoms with Gasteiger partial charge in [0.25, 0.3) is 11.4 Å². The molecule has 0 aliphatic heterocycles. The van der Waals surface area contributed by atoms with Crippen LogP contribution in [0.5, 0.6) is 11.5 Å². The summed E-state index contributed by atoms with van der Waals surface area (Å²) in [7, 11) is -2.04. The Kier molecular flexibility index (Phi) is 9.68. The first-order chi connectivity index (χ1) is 21.2. The molecule has 0 aliphatic rings. The fourth-order valence-corrected chi connectivity index (χ4v) is 5.65. The van der Waals surface area contributed by atoms with E-state index in [4.69, 9.17) is 9.16 Å². The van der Waals surface area contributed by atoms with E-state index < -0.39 is 35.5 Å². The van der Waals surface area contributed by atoms with Gasteiger partial charge in [0.2, 0.25) is 8.32 Å². The van der Waals surface area contributed by atoms with E-state index in [0.29, 0.717) is 6.42 Å². The summed E-state index contributed by atoms with van der Waals surface area (Å²) in [5.41, 5.74) is 3.33. The Morgan fingerprint density at radius 1 is 0.711 bits per heavy atom. The number of rotatable bonds is 10. The lowest BCUT2D eigenvalue weighted by Crippen LogP contribution is -2.43. The lowest BCUT2D eigenvalue weighted by molar-refractivity contribution is -0.394. The topological polar surface area (TPSA) is 122 Å². The summed E-state index contributed by atoms with van der Waals surface area (Å²) in [6, 6.07) is 27.7. The number of hydrogen-bond acceptors (Lipinski definition) is 7. The number of carbonyl (C=O) groups is 1. The van der Waals surface area contributed by atoms with Crippen molar-refractivity contribution in [2.24, 2.45) is 0 Å². The molecule has 0 radical (unpaired) electrons. The van der Waals surface area contributed by atoms with Crippen LogP contribution in [0.25, 0.3) is 11.1 Å². The van der Waals surface area contributed by atoms with Gasteiger partial charge in [-0.15, -0.1) is 0 Å². The summed E-state index contributed by atoms with van der Waals surface area (Å²) in [6.45, 7) is 13.1. The molecule has 0 saturated carbocycles. The van der Waals surface area contributed by atoms with Crippen LogP contribution in [0.15, 0.2) is 97.1 Å². The highest BCUT2D eigenvalue weighted by atomic mass is 28.4.